The molecule has 1 fully saturated rings. The van der Waals surface area contributed by atoms with Crippen LogP contribution in [0.4, 0.5) is 5.82 Å². The summed E-state index contributed by atoms with van der Waals surface area (Å²) in [4.78, 5) is 6.69. The summed E-state index contributed by atoms with van der Waals surface area (Å²) < 4.78 is 6.10. The summed E-state index contributed by atoms with van der Waals surface area (Å²) in [6.07, 6.45) is 3.93. The molecule has 1 unspecified atom stereocenters. The van der Waals surface area contributed by atoms with E-state index in [0.29, 0.717) is 21.6 Å². The molecule has 1 aliphatic rings. The van der Waals surface area contributed by atoms with Crippen LogP contribution in [0.15, 0.2) is 54.7 Å². The van der Waals surface area contributed by atoms with Gasteiger partial charge in [0.05, 0.1) is 6.54 Å². The number of nitrogen functional groups attached to an aromatic ring is 1. The van der Waals surface area contributed by atoms with Gasteiger partial charge >= 0.3 is 0 Å². The molecule has 1 atom stereocenters. The zero-order valence-corrected chi connectivity index (χ0v) is 18.3. The highest BCUT2D eigenvalue weighted by molar-refractivity contribution is 6.36. The Morgan fingerprint density at radius 2 is 1.70 bits per heavy atom. The van der Waals surface area contributed by atoms with Crippen LogP contribution < -0.4 is 10.5 Å². The molecule has 1 aromatic heterocycles. The van der Waals surface area contributed by atoms with E-state index in [9.17, 15) is 0 Å². The molecule has 6 heteroatoms. The topological polar surface area (TPSA) is 51.4 Å². The first-order valence-electron chi connectivity index (χ1n) is 10.1. The van der Waals surface area contributed by atoms with Gasteiger partial charge in [-0.2, -0.15) is 0 Å². The number of rotatable bonds is 6. The maximum Gasteiger partial charge on any atom is 0.166 e. The van der Waals surface area contributed by atoms with E-state index < -0.39 is 0 Å². The molecule has 3 aromatic rings. The van der Waals surface area contributed by atoms with E-state index in [-0.39, 0.29) is 6.10 Å². The third kappa shape index (κ3) is 4.72. The first kappa shape index (κ1) is 21.0. The Bertz CT molecular complexity index is 997. The first-order valence-corrected chi connectivity index (χ1v) is 10.8. The molecule has 2 N–H and O–H groups in total. The third-order valence-electron chi connectivity index (χ3n) is 5.31. The van der Waals surface area contributed by atoms with Gasteiger partial charge in [-0.1, -0.05) is 53.5 Å². The predicted molar refractivity (Wildman–Crippen MR) is 124 cm³/mol. The van der Waals surface area contributed by atoms with Crippen LogP contribution in [0.1, 0.15) is 37.0 Å². The number of hydrogen-bond acceptors (Lipinski definition) is 4. The van der Waals surface area contributed by atoms with Gasteiger partial charge in [-0.15, -0.1) is 0 Å². The Hall–Kier alpha value is -2.27. The van der Waals surface area contributed by atoms with Gasteiger partial charge in [0.15, 0.2) is 11.6 Å². The molecule has 30 heavy (non-hydrogen) atoms. The zero-order valence-electron chi connectivity index (χ0n) is 16.8. The molecule has 2 heterocycles. The molecular formula is C24H24Cl2N3O. The molecule has 1 saturated heterocycles. The lowest BCUT2D eigenvalue weighted by Gasteiger charge is -2.19. The Balaban J connectivity index is 1.53. The van der Waals surface area contributed by atoms with E-state index in [0.717, 1.165) is 29.8 Å². The molecule has 4 rings (SSSR count). The van der Waals surface area contributed by atoms with Crippen molar-refractivity contribution in [3.8, 4) is 16.9 Å². The summed E-state index contributed by atoms with van der Waals surface area (Å²) in [5.74, 6) is 0.830. The standard InChI is InChI=1S/C24H24Cl2N3O/c1-16(23-20(25)5-4-6-21(23)26)30-22-13-19(14-28-24(22)27)18-9-7-17(8-10-18)15-29-11-2-3-12-29/h4-10,13-16H,2-3,11-12H2,1H3,(H2,27,28). The van der Waals surface area contributed by atoms with E-state index >= 15 is 0 Å². The lowest BCUT2D eigenvalue weighted by atomic mass is 10.0. The fraction of sp³-hybridized carbons (Fsp3) is 0.250. The zero-order chi connectivity index (χ0) is 21.1. The van der Waals surface area contributed by atoms with Gasteiger partial charge in [-0.25, -0.2) is 4.98 Å². The summed E-state index contributed by atoms with van der Waals surface area (Å²) in [6, 6.07) is 15.7. The highest BCUT2D eigenvalue weighted by atomic mass is 35.5. The Labute approximate surface area is 187 Å². The van der Waals surface area contributed by atoms with Gasteiger partial charge < -0.3 is 10.5 Å². The number of anilines is 1. The second-order valence-electron chi connectivity index (χ2n) is 7.50. The second kappa shape index (κ2) is 9.25. The number of hydrogen-bond donors (Lipinski definition) is 1. The minimum Gasteiger partial charge on any atom is -0.482 e. The first-order chi connectivity index (χ1) is 14.5. The molecule has 2 aromatic carbocycles. The molecule has 0 bridgehead atoms. The van der Waals surface area contributed by atoms with Crippen molar-refractivity contribution in [2.45, 2.75) is 25.9 Å². The highest BCUT2D eigenvalue weighted by Crippen LogP contribution is 2.35. The lowest BCUT2D eigenvalue weighted by molar-refractivity contribution is 0.228. The third-order valence-corrected chi connectivity index (χ3v) is 5.97. The lowest BCUT2D eigenvalue weighted by Crippen LogP contribution is -2.15. The summed E-state index contributed by atoms with van der Waals surface area (Å²) in [6.45, 7) is 6.39. The fourth-order valence-corrected chi connectivity index (χ4v) is 4.40. The van der Waals surface area contributed by atoms with Gasteiger partial charge in [0.2, 0.25) is 0 Å². The van der Waals surface area contributed by atoms with Crippen molar-refractivity contribution in [3.63, 3.8) is 0 Å². The summed E-state index contributed by atoms with van der Waals surface area (Å²) >= 11 is 12.6. The maximum absolute atomic E-state index is 6.32. The van der Waals surface area contributed by atoms with Crippen molar-refractivity contribution in [3.05, 3.63) is 82.4 Å². The van der Waals surface area contributed by atoms with Crippen LogP contribution >= 0.6 is 23.2 Å². The minimum atomic E-state index is -0.372. The smallest absolute Gasteiger partial charge is 0.166 e. The van der Waals surface area contributed by atoms with Crippen LogP contribution in [-0.4, -0.2) is 23.0 Å². The van der Waals surface area contributed by atoms with E-state index in [1.807, 2.05) is 19.1 Å². The number of likely N-dealkylation sites (tertiary alicyclic amines) is 1. The molecule has 0 amide bonds. The minimum absolute atomic E-state index is 0.327. The quantitative estimate of drug-likeness (QED) is 0.482. The van der Waals surface area contributed by atoms with Gasteiger partial charge in [0.1, 0.15) is 6.10 Å². The van der Waals surface area contributed by atoms with Crippen molar-refractivity contribution < 1.29 is 4.74 Å². The summed E-state index contributed by atoms with van der Waals surface area (Å²) in [5.41, 5.74) is 9.98. The largest absolute Gasteiger partial charge is 0.482 e. The molecule has 0 aliphatic carbocycles. The van der Waals surface area contributed by atoms with Crippen molar-refractivity contribution in [1.29, 1.82) is 0 Å². The predicted octanol–water partition coefficient (Wildman–Crippen LogP) is 6.38. The Kier molecular flexibility index (Phi) is 6.47. The van der Waals surface area contributed by atoms with Gasteiger partial charge in [-0.3, -0.25) is 4.90 Å². The van der Waals surface area contributed by atoms with Gasteiger partial charge in [-0.05, 0) is 62.2 Å². The number of nitrogens with two attached hydrogens (primary N) is 1. The van der Waals surface area contributed by atoms with Crippen molar-refractivity contribution in [2.75, 3.05) is 18.8 Å². The van der Waals surface area contributed by atoms with Crippen LogP contribution in [0.3, 0.4) is 0 Å². The van der Waals surface area contributed by atoms with E-state index in [4.69, 9.17) is 33.7 Å². The number of nitrogens with zero attached hydrogens (tertiary/aromatic N) is 2. The van der Waals surface area contributed by atoms with Crippen molar-refractivity contribution >= 4 is 29.0 Å². The van der Waals surface area contributed by atoms with Crippen LogP contribution in [0.25, 0.3) is 11.1 Å². The van der Waals surface area contributed by atoms with E-state index in [1.54, 1.807) is 18.3 Å². The number of pyridine rings is 1. The number of benzene rings is 2. The average molecular weight is 441 g/mol. The van der Waals surface area contributed by atoms with E-state index in [1.165, 1.54) is 18.4 Å². The van der Waals surface area contributed by atoms with Crippen LogP contribution in [0.5, 0.6) is 5.75 Å². The molecule has 0 saturated carbocycles. The van der Waals surface area contributed by atoms with Crippen LogP contribution in [0, 0.1) is 6.54 Å². The second-order valence-corrected chi connectivity index (χ2v) is 8.31. The summed E-state index contributed by atoms with van der Waals surface area (Å²) in [7, 11) is 0. The van der Waals surface area contributed by atoms with Crippen LogP contribution in [0.2, 0.25) is 10.0 Å². The van der Waals surface area contributed by atoms with Gasteiger partial charge in [0.25, 0.3) is 0 Å². The van der Waals surface area contributed by atoms with Crippen LogP contribution in [-0.2, 0) is 0 Å². The molecule has 0 spiro atoms. The Morgan fingerprint density at radius 3 is 2.37 bits per heavy atom. The maximum atomic E-state index is 6.32. The van der Waals surface area contributed by atoms with Crippen molar-refractivity contribution in [2.24, 2.45) is 0 Å². The van der Waals surface area contributed by atoms with E-state index in [2.05, 4.69) is 40.7 Å². The monoisotopic (exact) mass is 440 g/mol. The molecular weight excluding hydrogens is 417 g/mol. The van der Waals surface area contributed by atoms with Crippen molar-refractivity contribution in [1.82, 2.24) is 9.88 Å². The Morgan fingerprint density at radius 1 is 1.03 bits per heavy atom. The number of halogens is 2. The molecule has 1 aliphatic heterocycles. The normalized spacial score (nSPS) is 15.3. The summed E-state index contributed by atoms with van der Waals surface area (Å²) in [5, 5.41) is 1.12. The average Bonchev–Trinajstić information content (AvgIpc) is 3.23. The fourth-order valence-electron chi connectivity index (χ4n) is 3.70. The highest BCUT2D eigenvalue weighted by Gasteiger charge is 2.17. The number of ether oxygens (including phenoxy) is 1. The molecule has 155 valence electrons. The molecule has 4 nitrogen and oxygen atoms in total. The SMILES string of the molecule is CC(Oc1cc(-c2ccc([CH]N3CCCC3)cc2)cnc1N)c1c(Cl)cccc1Cl. The van der Waals surface area contributed by atoms with Gasteiger partial charge in [0, 0.05) is 27.4 Å². The number of aromatic nitrogens is 1. The molecule has 1 radical (unpaired) electrons.